The summed E-state index contributed by atoms with van der Waals surface area (Å²) in [4.78, 5) is 19.7. The van der Waals surface area contributed by atoms with Crippen molar-refractivity contribution in [3.8, 4) is 11.4 Å². The van der Waals surface area contributed by atoms with Gasteiger partial charge in [0.15, 0.2) is 5.82 Å². The van der Waals surface area contributed by atoms with E-state index in [1.54, 1.807) is 30.3 Å². The van der Waals surface area contributed by atoms with Gasteiger partial charge in [0.05, 0.1) is 12.7 Å². The Morgan fingerprint density at radius 1 is 1.00 bits per heavy atom. The predicted molar refractivity (Wildman–Crippen MR) is 92.7 cm³/mol. The molecule has 0 spiro atoms. The van der Waals surface area contributed by atoms with Crippen molar-refractivity contribution in [2.75, 3.05) is 7.11 Å². The first-order valence-electron chi connectivity index (χ1n) is 8.13. The van der Waals surface area contributed by atoms with E-state index in [1.807, 2.05) is 0 Å². The number of halogens is 4. The average molecular weight is 390 g/mol. The second kappa shape index (κ2) is 7.75. The molecule has 0 N–H and O–H groups in total. The fourth-order valence-corrected chi connectivity index (χ4v) is 2.72. The second-order valence-corrected chi connectivity index (χ2v) is 5.89. The number of esters is 1. The van der Waals surface area contributed by atoms with Gasteiger partial charge in [-0.2, -0.15) is 13.2 Å². The van der Waals surface area contributed by atoms with Gasteiger partial charge < -0.3 is 4.74 Å². The number of aromatic nitrogens is 2. The molecule has 3 aromatic rings. The van der Waals surface area contributed by atoms with Crippen molar-refractivity contribution >= 4 is 5.97 Å². The van der Waals surface area contributed by atoms with Gasteiger partial charge in [0.2, 0.25) is 0 Å². The molecule has 2 aromatic carbocycles. The number of alkyl halides is 3. The molecular weight excluding hydrogens is 376 g/mol. The van der Waals surface area contributed by atoms with Crippen molar-refractivity contribution in [3.05, 3.63) is 83.4 Å². The van der Waals surface area contributed by atoms with E-state index in [2.05, 4.69) is 9.97 Å². The van der Waals surface area contributed by atoms with Gasteiger partial charge in [-0.1, -0.05) is 42.5 Å². The summed E-state index contributed by atoms with van der Waals surface area (Å²) in [5, 5.41) is 0. The van der Waals surface area contributed by atoms with Crippen LogP contribution in [-0.2, 0) is 15.7 Å². The van der Waals surface area contributed by atoms with Crippen LogP contribution in [0.1, 0.15) is 22.6 Å². The fourth-order valence-electron chi connectivity index (χ4n) is 2.72. The van der Waals surface area contributed by atoms with Gasteiger partial charge in [-0.15, -0.1) is 0 Å². The highest BCUT2D eigenvalue weighted by Gasteiger charge is 2.31. The summed E-state index contributed by atoms with van der Waals surface area (Å²) in [6, 6.07) is 12.1. The minimum absolute atomic E-state index is 0.0973. The summed E-state index contributed by atoms with van der Waals surface area (Å²) in [5.74, 6) is -2.06. The summed E-state index contributed by atoms with van der Waals surface area (Å²) >= 11 is 0. The number of ether oxygens (including phenoxy) is 1. The lowest BCUT2D eigenvalue weighted by Gasteiger charge is -2.16. The summed E-state index contributed by atoms with van der Waals surface area (Å²) in [7, 11) is 1.21. The largest absolute Gasteiger partial charge is 0.468 e. The summed E-state index contributed by atoms with van der Waals surface area (Å²) in [5.41, 5.74) is 0.133. The molecular formula is C20H14F4N2O2. The average Bonchev–Trinajstić information content (AvgIpc) is 2.69. The maximum Gasteiger partial charge on any atom is 0.419 e. The quantitative estimate of drug-likeness (QED) is 0.482. The summed E-state index contributed by atoms with van der Waals surface area (Å²) in [6.07, 6.45) is -3.12. The molecule has 0 aliphatic rings. The number of carbonyl (C=O) groups is 1. The molecule has 8 heteroatoms. The third kappa shape index (κ3) is 4.00. The Morgan fingerprint density at radius 3 is 2.14 bits per heavy atom. The van der Waals surface area contributed by atoms with E-state index in [-0.39, 0.29) is 11.4 Å². The molecule has 0 saturated carbocycles. The predicted octanol–water partition coefficient (Wildman–Crippen LogP) is 4.61. The highest BCUT2D eigenvalue weighted by atomic mass is 19.4. The number of rotatable bonds is 4. The van der Waals surface area contributed by atoms with Crippen molar-refractivity contribution in [3.63, 3.8) is 0 Å². The molecule has 0 bridgehead atoms. The molecule has 144 valence electrons. The van der Waals surface area contributed by atoms with Crippen molar-refractivity contribution in [1.29, 1.82) is 0 Å². The Hall–Kier alpha value is -3.29. The lowest BCUT2D eigenvalue weighted by atomic mass is 9.90. The minimum Gasteiger partial charge on any atom is -0.468 e. The molecule has 1 unspecified atom stereocenters. The lowest BCUT2D eigenvalue weighted by molar-refractivity contribution is -0.141. The summed E-state index contributed by atoms with van der Waals surface area (Å²) in [6.45, 7) is 0. The highest BCUT2D eigenvalue weighted by Crippen LogP contribution is 2.31. The van der Waals surface area contributed by atoms with Gasteiger partial charge in [-0.25, -0.2) is 14.4 Å². The van der Waals surface area contributed by atoms with Gasteiger partial charge in [0, 0.05) is 23.5 Å². The summed E-state index contributed by atoms with van der Waals surface area (Å²) < 4.78 is 56.8. The van der Waals surface area contributed by atoms with E-state index < -0.39 is 29.4 Å². The van der Waals surface area contributed by atoms with Crippen LogP contribution in [0, 0.1) is 5.82 Å². The number of carbonyl (C=O) groups excluding carboxylic acids is 1. The van der Waals surface area contributed by atoms with Crippen LogP contribution < -0.4 is 0 Å². The van der Waals surface area contributed by atoms with Crippen LogP contribution in [0.3, 0.4) is 0 Å². The van der Waals surface area contributed by atoms with Crippen molar-refractivity contribution < 1.29 is 27.1 Å². The fraction of sp³-hybridized carbons (Fsp3) is 0.150. The SMILES string of the molecule is COC(=O)C(c1ccc(-c2ncc(C(F)(F)F)cn2)cc1)c1ccccc1F. The molecule has 0 radical (unpaired) electrons. The van der Waals surface area contributed by atoms with Crippen LogP contribution >= 0.6 is 0 Å². The molecule has 3 rings (SSSR count). The molecule has 0 fully saturated rings. The number of benzene rings is 2. The maximum absolute atomic E-state index is 14.2. The molecule has 0 saturated heterocycles. The van der Waals surface area contributed by atoms with E-state index in [0.717, 1.165) is 0 Å². The zero-order valence-electron chi connectivity index (χ0n) is 14.6. The third-order valence-corrected chi connectivity index (χ3v) is 4.13. The minimum atomic E-state index is -4.52. The van der Waals surface area contributed by atoms with Crippen molar-refractivity contribution in [1.82, 2.24) is 9.97 Å². The van der Waals surface area contributed by atoms with Crippen LogP contribution in [0.25, 0.3) is 11.4 Å². The van der Waals surface area contributed by atoms with E-state index >= 15 is 0 Å². The van der Waals surface area contributed by atoms with Crippen LogP contribution in [0.15, 0.2) is 60.9 Å². The Labute approximate surface area is 157 Å². The van der Waals surface area contributed by atoms with Gasteiger partial charge in [-0.3, -0.25) is 4.79 Å². The highest BCUT2D eigenvalue weighted by molar-refractivity contribution is 5.82. The van der Waals surface area contributed by atoms with Gasteiger partial charge in [-0.05, 0) is 11.6 Å². The van der Waals surface area contributed by atoms with Gasteiger partial charge in [0.25, 0.3) is 0 Å². The molecule has 1 heterocycles. The zero-order chi connectivity index (χ0) is 20.3. The Kier molecular flexibility index (Phi) is 5.39. The van der Waals surface area contributed by atoms with E-state index in [9.17, 15) is 22.4 Å². The molecule has 0 aliphatic heterocycles. The zero-order valence-corrected chi connectivity index (χ0v) is 14.6. The van der Waals surface area contributed by atoms with E-state index in [0.29, 0.717) is 23.5 Å². The normalized spacial score (nSPS) is 12.5. The smallest absolute Gasteiger partial charge is 0.419 e. The Balaban J connectivity index is 1.94. The van der Waals surface area contributed by atoms with Gasteiger partial charge in [0.1, 0.15) is 11.7 Å². The standard InChI is InChI=1S/C20H14F4N2O2/c1-28-19(27)17(15-4-2-3-5-16(15)21)12-6-8-13(9-7-12)18-25-10-14(11-26-18)20(22,23)24/h2-11,17H,1H3. The van der Waals surface area contributed by atoms with Crippen LogP contribution in [0.5, 0.6) is 0 Å². The molecule has 0 aliphatic carbocycles. The van der Waals surface area contributed by atoms with Crippen LogP contribution in [-0.4, -0.2) is 23.0 Å². The van der Waals surface area contributed by atoms with Crippen LogP contribution in [0.4, 0.5) is 17.6 Å². The second-order valence-electron chi connectivity index (χ2n) is 5.89. The molecule has 28 heavy (non-hydrogen) atoms. The van der Waals surface area contributed by atoms with Crippen LogP contribution in [0.2, 0.25) is 0 Å². The third-order valence-electron chi connectivity index (χ3n) is 4.13. The van der Waals surface area contributed by atoms with Crippen molar-refractivity contribution in [2.24, 2.45) is 0 Å². The Bertz CT molecular complexity index is 971. The Morgan fingerprint density at radius 2 is 1.61 bits per heavy atom. The number of nitrogens with zero attached hydrogens (tertiary/aromatic N) is 2. The molecule has 1 aromatic heterocycles. The molecule has 4 nitrogen and oxygen atoms in total. The molecule has 0 amide bonds. The monoisotopic (exact) mass is 390 g/mol. The van der Waals surface area contributed by atoms with E-state index in [1.165, 1.54) is 25.3 Å². The topological polar surface area (TPSA) is 52.1 Å². The lowest BCUT2D eigenvalue weighted by Crippen LogP contribution is -2.17. The first-order valence-corrected chi connectivity index (χ1v) is 8.13. The van der Waals surface area contributed by atoms with E-state index in [4.69, 9.17) is 4.74 Å². The first-order chi connectivity index (χ1) is 13.3. The maximum atomic E-state index is 14.2. The van der Waals surface area contributed by atoms with Gasteiger partial charge >= 0.3 is 12.1 Å². The number of methoxy groups -OCH3 is 1. The first kappa shape index (κ1) is 19.5. The van der Waals surface area contributed by atoms with Crippen molar-refractivity contribution in [2.45, 2.75) is 12.1 Å². The number of hydrogen-bond donors (Lipinski definition) is 0. The number of hydrogen-bond acceptors (Lipinski definition) is 4. The molecule has 1 atom stereocenters.